The van der Waals surface area contributed by atoms with Gasteiger partial charge in [-0.2, -0.15) is 0 Å². The van der Waals surface area contributed by atoms with Gasteiger partial charge in [0.25, 0.3) is 0 Å². The first-order chi connectivity index (χ1) is 9.78. The molecule has 2 heterocycles. The number of aliphatic hydroxyl groups excluding tert-OH is 1. The number of aromatic nitrogens is 3. The van der Waals surface area contributed by atoms with Crippen molar-refractivity contribution in [3.05, 3.63) is 34.1 Å². The van der Waals surface area contributed by atoms with E-state index in [1.165, 1.54) is 19.3 Å². The van der Waals surface area contributed by atoms with E-state index in [-0.39, 0.29) is 6.61 Å². The van der Waals surface area contributed by atoms with Gasteiger partial charge in [0, 0.05) is 22.3 Å². The van der Waals surface area contributed by atoms with Crippen molar-refractivity contribution in [3.63, 3.8) is 0 Å². The Morgan fingerprint density at radius 1 is 1.25 bits per heavy atom. The quantitative estimate of drug-likeness (QED) is 0.918. The topological polar surface area (TPSA) is 50.9 Å². The number of hydrogen-bond acceptors (Lipinski definition) is 4. The predicted molar refractivity (Wildman–Crippen MR) is 81.8 cm³/mol. The van der Waals surface area contributed by atoms with Crippen LogP contribution in [0.4, 0.5) is 0 Å². The largest absolute Gasteiger partial charge is 0.392 e. The summed E-state index contributed by atoms with van der Waals surface area (Å²) in [5, 5.41) is 19.0. The lowest BCUT2D eigenvalue weighted by Crippen LogP contribution is -2.02. The number of nitrogens with zero attached hydrogens (tertiary/aromatic N) is 3. The summed E-state index contributed by atoms with van der Waals surface area (Å²) < 4.78 is 3.20. The number of rotatable bonds is 3. The molecule has 0 amide bonds. The molecule has 0 saturated heterocycles. The van der Waals surface area contributed by atoms with Gasteiger partial charge in [0.1, 0.15) is 5.82 Å². The number of fused-ring (bicyclic) bond motifs is 1. The van der Waals surface area contributed by atoms with Crippen LogP contribution in [0, 0.1) is 0 Å². The molecule has 106 valence electrons. The smallest absolute Gasteiger partial charge is 0.196 e. The monoisotopic (exact) mass is 353 g/mol. The fourth-order valence-corrected chi connectivity index (χ4v) is 3.79. The molecule has 1 aromatic heterocycles. The second-order valence-electron chi connectivity index (χ2n) is 4.87. The van der Waals surface area contributed by atoms with Crippen LogP contribution in [0.3, 0.4) is 0 Å². The maximum absolute atomic E-state index is 9.48. The maximum Gasteiger partial charge on any atom is 0.196 e. The van der Waals surface area contributed by atoms with Crippen LogP contribution in [0.5, 0.6) is 0 Å². The van der Waals surface area contributed by atoms with Gasteiger partial charge >= 0.3 is 0 Å². The van der Waals surface area contributed by atoms with E-state index in [1.54, 1.807) is 11.8 Å². The van der Waals surface area contributed by atoms with Crippen molar-refractivity contribution in [2.24, 2.45) is 0 Å². The van der Waals surface area contributed by atoms with E-state index in [0.717, 1.165) is 38.9 Å². The molecule has 0 aliphatic carbocycles. The Morgan fingerprint density at radius 2 is 2.15 bits per heavy atom. The normalized spacial score (nSPS) is 14.9. The Labute approximate surface area is 130 Å². The summed E-state index contributed by atoms with van der Waals surface area (Å²) in [4.78, 5) is 1.04. The first-order valence-electron chi connectivity index (χ1n) is 6.77. The lowest BCUT2D eigenvalue weighted by Gasteiger charge is -2.09. The van der Waals surface area contributed by atoms with Crippen molar-refractivity contribution < 1.29 is 5.11 Å². The molecule has 1 aliphatic rings. The van der Waals surface area contributed by atoms with Crippen LogP contribution in [0.25, 0.3) is 0 Å². The van der Waals surface area contributed by atoms with E-state index in [0.29, 0.717) is 0 Å². The van der Waals surface area contributed by atoms with E-state index in [9.17, 15) is 5.11 Å². The van der Waals surface area contributed by atoms with Crippen LogP contribution in [-0.2, 0) is 19.6 Å². The molecule has 6 heteroatoms. The Kier molecular flexibility index (Phi) is 4.43. The van der Waals surface area contributed by atoms with Crippen LogP contribution in [0.15, 0.2) is 32.7 Å². The van der Waals surface area contributed by atoms with Gasteiger partial charge in [0.15, 0.2) is 5.16 Å². The third-order valence-electron chi connectivity index (χ3n) is 3.47. The van der Waals surface area contributed by atoms with Crippen molar-refractivity contribution in [1.29, 1.82) is 0 Å². The SMILES string of the molecule is OCc1cc(Br)ccc1Sc1nnc2n1CCCCC2. The molecule has 0 fully saturated rings. The Morgan fingerprint density at radius 3 is 3.00 bits per heavy atom. The number of hydrogen-bond donors (Lipinski definition) is 1. The van der Waals surface area contributed by atoms with Gasteiger partial charge in [-0.15, -0.1) is 10.2 Å². The second-order valence-corrected chi connectivity index (χ2v) is 6.80. The van der Waals surface area contributed by atoms with Crippen LogP contribution >= 0.6 is 27.7 Å². The summed E-state index contributed by atoms with van der Waals surface area (Å²) >= 11 is 5.02. The van der Waals surface area contributed by atoms with E-state index in [4.69, 9.17) is 0 Å². The number of aliphatic hydroxyl groups is 1. The molecular weight excluding hydrogens is 338 g/mol. The highest BCUT2D eigenvalue weighted by Crippen LogP contribution is 2.32. The molecule has 3 rings (SSSR count). The van der Waals surface area contributed by atoms with E-state index in [1.807, 2.05) is 18.2 Å². The zero-order valence-electron chi connectivity index (χ0n) is 11.0. The average Bonchev–Trinajstić information content (AvgIpc) is 2.69. The summed E-state index contributed by atoms with van der Waals surface area (Å²) in [6.45, 7) is 1.03. The molecular formula is C14H16BrN3OS. The van der Waals surface area contributed by atoms with Gasteiger partial charge < -0.3 is 9.67 Å². The minimum atomic E-state index is 0.0305. The summed E-state index contributed by atoms with van der Waals surface area (Å²) in [5.74, 6) is 1.09. The minimum absolute atomic E-state index is 0.0305. The molecule has 1 N–H and O–H groups in total. The molecule has 0 bridgehead atoms. The lowest BCUT2D eigenvalue weighted by atomic mass is 10.2. The average molecular weight is 354 g/mol. The standard InChI is InChI=1S/C14H16BrN3OS/c15-11-5-6-12(10(8-11)9-19)20-14-17-16-13-4-2-1-3-7-18(13)14/h5-6,8,19H,1-4,7,9H2. The van der Waals surface area contributed by atoms with Gasteiger partial charge in [-0.1, -0.05) is 22.4 Å². The molecule has 0 radical (unpaired) electrons. The second kappa shape index (κ2) is 6.28. The lowest BCUT2D eigenvalue weighted by molar-refractivity contribution is 0.279. The van der Waals surface area contributed by atoms with Gasteiger partial charge in [0.05, 0.1) is 6.61 Å². The van der Waals surface area contributed by atoms with Gasteiger partial charge in [0.2, 0.25) is 0 Å². The van der Waals surface area contributed by atoms with Crippen molar-refractivity contribution in [3.8, 4) is 0 Å². The third-order valence-corrected chi connectivity index (χ3v) is 5.07. The molecule has 20 heavy (non-hydrogen) atoms. The highest BCUT2D eigenvalue weighted by Gasteiger charge is 2.16. The summed E-state index contributed by atoms with van der Waals surface area (Å²) in [5.41, 5.74) is 0.912. The molecule has 1 aliphatic heterocycles. The summed E-state index contributed by atoms with van der Waals surface area (Å²) in [7, 11) is 0. The van der Waals surface area contributed by atoms with Gasteiger partial charge in [-0.3, -0.25) is 0 Å². The molecule has 2 aromatic rings. The fraction of sp³-hybridized carbons (Fsp3) is 0.429. The molecule has 0 spiro atoms. The first-order valence-corrected chi connectivity index (χ1v) is 8.38. The molecule has 0 unspecified atom stereocenters. The summed E-state index contributed by atoms with van der Waals surface area (Å²) in [6, 6.07) is 5.95. The minimum Gasteiger partial charge on any atom is -0.392 e. The third kappa shape index (κ3) is 2.92. The highest BCUT2D eigenvalue weighted by atomic mass is 79.9. The molecule has 0 saturated carbocycles. The summed E-state index contributed by atoms with van der Waals surface area (Å²) in [6.07, 6.45) is 4.66. The van der Waals surface area contributed by atoms with Crippen molar-refractivity contribution in [2.75, 3.05) is 0 Å². The number of aryl methyl sites for hydroxylation is 1. The molecule has 0 atom stereocenters. The van der Waals surface area contributed by atoms with Crippen LogP contribution in [-0.4, -0.2) is 19.9 Å². The zero-order valence-corrected chi connectivity index (χ0v) is 13.5. The Balaban J connectivity index is 1.90. The number of benzene rings is 1. The molecule has 4 nitrogen and oxygen atoms in total. The molecule has 1 aromatic carbocycles. The van der Waals surface area contributed by atoms with Crippen molar-refractivity contribution in [2.45, 2.75) is 48.9 Å². The number of halogens is 1. The van der Waals surface area contributed by atoms with Gasteiger partial charge in [-0.05, 0) is 48.4 Å². The van der Waals surface area contributed by atoms with Crippen LogP contribution in [0.2, 0.25) is 0 Å². The fourth-order valence-electron chi connectivity index (χ4n) is 2.40. The van der Waals surface area contributed by atoms with Crippen molar-refractivity contribution in [1.82, 2.24) is 14.8 Å². The highest BCUT2D eigenvalue weighted by molar-refractivity contribution is 9.10. The van der Waals surface area contributed by atoms with Gasteiger partial charge in [-0.25, -0.2) is 0 Å². The van der Waals surface area contributed by atoms with Crippen molar-refractivity contribution >= 4 is 27.7 Å². The van der Waals surface area contributed by atoms with E-state index >= 15 is 0 Å². The zero-order chi connectivity index (χ0) is 13.9. The van der Waals surface area contributed by atoms with Crippen LogP contribution in [0.1, 0.15) is 30.7 Å². The Bertz CT molecular complexity index is 614. The van der Waals surface area contributed by atoms with E-state index in [2.05, 4.69) is 30.7 Å². The van der Waals surface area contributed by atoms with Crippen LogP contribution < -0.4 is 0 Å². The van der Waals surface area contributed by atoms with E-state index < -0.39 is 0 Å². The predicted octanol–water partition coefficient (Wildman–Crippen LogP) is 3.41. The Hall–Kier alpha value is -0.850. The first kappa shape index (κ1) is 14.1. The maximum atomic E-state index is 9.48.